The van der Waals surface area contributed by atoms with Crippen molar-refractivity contribution in [2.75, 3.05) is 5.73 Å². The Morgan fingerprint density at radius 1 is 1.25 bits per heavy atom. The first-order chi connectivity index (χ1) is 9.70. The fraction of sp³-hybridized carbons (Fsp3) is 0.312. The molecule has 1 fully saturated rings. The zero-order valence-electron chi connectivity index (χ0n) is 11.2. The van der Waals surface area contributed by atoms with Crippen molar-refractivity contribution in [2.45, 2.75) is 25.7 Å². The van der Waals surface area contributed by atoms with Gasteiger partial charge in [-0.1, -0.05) is 12.8 Å². The van der Waals surface area contributed by atoms with E-state index in [4.69, 9.17) is 10.5 Å². The van der Waals surface area contributed by atoms with E-state index in [1.54, 1.807) is 18.3 Å². The molecule has 0 amide bonds. The lowest BCUT2D eigenvalue weighted by Crippen LogP contribution is -1.98. The number of aromatic nitrogens is 1. The maximum atomic E-state index is 12.9. The van der Waals surface area contributed by atoms with Crippen LogP contribution >= 0.6 is 0 Å². The summed E-state index contributed by atoms with van der Waals surface area (Å²) in [4.78, 5) is 4.17. The minimum atomic E-state index is -0.290. The second-order valence-corrected chi connectivity index (χ2v) is 5.26. The number of halogens is 1. The molecular weight excluding hydrogens is 255 g/mol. The molecule has 1 aromatic carbocycles. The number of nitrogens with two attached hydrogens (primary N) is 1. The molecule has 1 heterocycles. The molecule has 2 N–H and O–H groups in total. The van der Waals surface area contributed by atoms with Gasteiger partial charge >= 0.3 is 0 Å². The molecule has 104 valence electrons. The zero-order valence-corrected chi connectivity index (χ0v) is 11.2. The molecule has 1 aromatic heterocycles. The van der Waals surface area contributed by atoms with E-state index in [-0.39, 0.29) is 5.82 Å². The van der Waals surface area contributed by atoms with Crippen LogP contribution in [0.25, 0.3) is 0 Å². The monoisotopic (exact) mass is 272 g/mol. The van der Waals surface area contributed by atoms with Gasteiger partial charge in [0.05, 0.1) is 0 Å². The van der Waals surface area contributed by atoms with Crippen LogP contribution in [0.1, 0.15) is 24.8 Å². The Labute approximate surface area is 117 Å². The van der Waals surface area contributed by atoms with Crippen molar-refractivity contribution in [2.24, 2.45) is 5.92 Å². The topological polar surface area (TPSA) is 48.1 Å². The van der Waals surface area contributed by atoms with Crippen LogP contribution in [0.3, 0.4) is 0 Å². The Kier molecular flexibility index (Phi) is 3.54. The third kappa shape index (κ3) is 3.26. The number of anilines is 1. The molecule has 2 aromatic rings. The molecule has 1 aliphatic carbocycles. The van der Waals surface area contributed by atoms with Gasteiger partial charge in [-0.05, 0) is 54.7 Å². The summed E-state index contributed by atoms with van der Waals surface area (Å²) in [5.41, 5.74) is 6.95. The molecule has 0 aliphatic heterocycles. The van der Waals surface area contributed by atoms with Crippen molar-refractivity contribution in [1.82, 2.24) is 4.98 Å². The molecule has 1 aliphatic rings. The summed E-state index contributed by atoms with van der Waals surface area (Å²) >= 11 is 0. The van der Waals surface area contributed by atoms with Crippen molar-refractivity contribution in [3.63, 3.8) is 0 Å². The van der Waals surface area contributed by atoms with Gasteiger partial charge in [-0.3, -0.25) is 0 Å². The Morgan fingerprint density at radius 2 is 2.00 bits per heavy atom. The Bertz CT molecular complexity index is 594. The number of hydrogen-bond donors (Lipinski definition) is 1. The number of nitrogens with zero attached hydrogens (tertiary/aromatic N) is 1. The molecule has 0 atom stereocenters. The van der Waals surface area contributed by atoms with E-state index in [1.165, 1.54) is 31.4 Å². The molecule has 3 rings (SSSR count). The van der Waals surface area contributed by atoms with Crippen LogP contribution in [-0.2, 0) is 6.42 Å². The lowest BCUT2D eigenvalue weighted by atomic mass is 10.1. The van der Waals surface area contributed by atoms with Gasteiger partial charge in [0.1, 0.15) is 11.6 Å². The van der Waals surface area contributed by atoms with Gasteiger partial charge in [-0.15, -0.1) is 0 Å². The number of hydrogen-bond acceptors (Lipinski definition) is 3. The van der Waals surface area contributed by atoms with Gasteiger partial charge in [0.2, 0.25) is 0 Å². The van der Waals surface area contributed by atoms with Crippen LogP contribution in [0.15, 0.2) is 36.5 Å². The van der Waals surface area contributed by atoms with E-state index in [1.807, 2.05) is 6.07 Å². The summed E-state index contributed by atoms with van der Waals surface area (Å²) in [5.74, 6) is 2.03. The minimum Gasteiger partial charge on any atom is -0.453 e. The first kappa shape index (κ1) is 12.9. The van der Waals surface area contributed by atoms with E-state index in [0.717, 1.165) is 17.9 Å². The SMILES string of the molecule is Nc1ncc(CCC2CC2)cc1Oc1ccc(F)cc1. The van der Waals surface area contributed by atoms with E-state index in [2.05, 4.69) is 4.98 Å². The minimum absolute atomic E-state index is 0.290. The molecular formula is C16H17FN2O. The van der Waals surface area contributed by atoms with Gasteiger partial charge in [0.25, 0.3) is 0 Å². The van der Waals surface area contributed by atoms with Crippen molar-refractivity contribution in [3.05, 3.63) is 47.9 Å². The normalized spacial score (nSPS) is 14.2. The number of rotatable bonds is 5. The number of aryl methyl sites for hydroxylation is 1. The maximum Gasteiger partial charge on any atom is 0.169 e. The standard InChI is InChI=1S/C16H17FN2O/c17-13-5-7-14(8-6-13)20-15-9-12(10-19-16(15)18)4-3-11-1-2-11/h5-11H,1-4H2,(H2,18,19). The maximum absolute atomic E-state index is 12.9. The predicted octanol–water partition coefficient (Wildman–Crippen LogP) is 3.94. The predicted molar refractivity (Wildman–Crippen MR) is 76.2 cm³/mol. The van der Waals surface area contributed by atoms with Crippen molar-refractivity contribution in [1.29, 1.82) is 0 Å². The highest BCUT2D eigenvalue weighted by molar-refractivity contribution is 5.49. The highest BCUT2D eigenvalue weighted by Gasteiger charge is 2.20. The number of pyridine rings is 1. The second kappa shape index (κ2) is 5.49. The smallest absolute Gasteiger partial charge is 0.169 e. The first-order valence-corrected chi connectivity index (χ1v) is 6.88. The summed E-state index contributed by atoms with van der Waals surface area (Å²) in [7, 11) is 0. The molecule has 4 heteroatoms. The lowest BCUT2D eigenvalue weighted by Gasteiger charge is -2.09. The molecule has 1 saturated carbocycles. The van der Waals surface area contributed by atoms with Gasteiger partial charge < -0.3 is 10.5 Å². The van der Waals surface area contributed by atoms with E-state index in [9.17, 15) is 4.39 Å². The van der Waals surface area contributed by atoms with Crippen LogP contribution in [0.5, 0.6) is 11.5 Å². The third-order valence-electron chi connectivity index (χ3n) is 3.52. The highest BCUT2D eigenvalue weighted by Crippen LogP contribution is 2.34. The van der Waals surface area contributed by atoms with Gasteiger partial charge in [-0.25, -0.2) is 9.37 Å². The van der Waals surface area contributed by atoms with E-state index < -0.39 is 0 Å². The zero-order chi connectivity index (χ0) is 13.9. The molecule has 0 spiro atoms. The molecule has 0 bridgehead atoms. The molecule has 0 saturated heterocycles. The Hall–Kier alpha value is -2.10. The quantitative estimate of drug-likeness (QED) is 0.896. The summed E-state index contributed by atoms with van der Waals surface area (Å²) in [6.45, 7) is 0. The third-order valence-corrected chi connectivity index (χ3v) is 3.52. The van der Waals surface area contributed by atoms with Crippen LogP contribution in [-0.4, -0.2) is 4.98 Å². The second-order valence-electron chi connectivity index (χ2n) is 5.26. The fourth-order valence-corrected chi connectivity index (χ4v) is 2.12. The first-order valence-electron chi connectivity index (χ1n) is 6.88. The van der Waals surface area contributed by atoms with Crippen LogP contribution in [0.4, 0.5) is 10.2 Å². The van der Waals surface area contributed by atoms with Crippen LogP contribution < -0.4 is 10.5 Å². The number of nitrogen functional groups attached to an aromatic ring is 1. The number of ether oxygens (including phenoxy) is 1. The Balaban J connectivity index is 1.73. The number of benzene rings is 1. The largest absolute Gasteiger partial charge is 0.453 e. The van der Waals surface area contributed by atoms with Crippen molar-refractivity contribution >= 4 is 5.82 Å². The Morgan fingerprint density at radius 3 is 2.70 bits per heavy atom. The summed E-state index contributed by atoms with van der Waals surface area (Å²) in [6, 6.07) is 7.79. The van der Waals surface area contributed by atoms with Crippen LogP contribution in [0.2, 0.25) is 0 Å². The summed E-state index contributed by atoms with van der Waals surface area (Å²) in [5, 5.41) is 0. The average molecular weight is 272 g/mol. The van der Waals surface area contributed by atoms with Crippen LogP contribution in [0, 0.1) is 11.7 Å². The van der Waals surface area contributed by atoms with Gasteiger partial charge in [-0.2, -0.15) is 0 Å². The summed E-state index contributed by atoms with van der Waals surface area (Å²) < 4.78 is 18.5. The molecule has 20 heavy (non-hydrogen) atoms. The van der Waals surface area contributed by atoms with Crippen molar-refractivity contribution in [3.8, 4) is 11.5 Å². The van der Waals surface area contributed by atoms with Gasteiger partial charge in [0.15, 0.2) is 11.6 Å². The van der Waals surface area contributed by atoms with Gasteiger partial charge in [0, 0.05) is 6.20 Å². The van der Waals surface area contributed by atoms with E-state index in [0.29, 0.717) is 17.3 Å². The highest BCUT2D eigenvalue weighted by atomic mass is 19.1. The van der Waals surface area contributed by atoms with E-state index >= 15 is 0 Å². The molecule has 3 nitrogen and oxygen atoms in total. The van der Waals surface area contributed by atoms with Crippen molar-refractivity contribution < 1.29 is 9.13 Å². The average Bonchev–Trinajstić information content (AvgIpc) is 3.26. The molecule has 0 unspecified atom stereocenters. The summed E-state index contributed by atoms with van der Waals surface area (Å²) in [6.07, 6.45) is 6.69. The molecule has 0 radical (unpaired) electrons. The fourth-order valence-electron chi connectivity index (χ4n) is 2.12. The lowest BCUT2D eigenvalue weighted by molar-refractivity contribution is 0.480.